The van der Waals surface area contributed by atoms with Crippen LogP contribution < -0.4 is 5.32 Å². The molecule has 0 unspecified atom stereocenters. The van der Waals surface area contributed by atoms with E-state index in [0.717, 1.165) is 17.6 Å². The highest BCUT2D eigenvalue weighted by Gasteiger charge is 2.50. The molecule has 6 heteroatoms. The highest BCUT2D eigenvalue weighted by atomic mass is 79.9. The quantitative estimate of drug-likeness (QED) is 0.375. The molecule has 2 aliphatic heterocycles. The summed E-state index contributed by atoms with van der Waals surface area (Å²) in [5.41, 5.74) is 6.01. The summed E-state index contributed by atoms with van der Waals surface area (Å²) in [4.78, 5) is 14.2. The zero-order valence-electron chi connectivity index (χ0n) is 19.6. The minimum absolute atomic E-state index is 0.186. The van der Waals surface area contributed by atoms with E-state index in [2.05, 4.69) is 73.6 Å². The van der Waals surface area contributed by atoms with Crippen LogP contribution in [0.2, 0.25) is 0 Å². The molecule has 0 saturated heterocycles. The molecule has 2 saturated carbocycles. The number of ether oxygens (including phenoxy) is 1. The molecule has 2 aliphatic carbocycles. The average molecular weight is 576 g/mol. The zero-order valence-corrected chi connectivity index (χ0v) is 22.8. The number of amides is 1. The summed E-state index contributed by atoms with van der Waals surface area (Å²) in [6, 6.07) is 13.2. The van der Waals surface area contributed by atoms with Crippen LogP contribution in [-0.2, 0) is 28.7 Å². The fourth-order valence-corrected chi connectivity index (χ4v) is 6.13. The Morgan fingerprint density at radius 2 is 1.52 bits per heavy atom. The van der Waals surface area contributed by atoms with Gasteiger partial charge in [-0.25, -0.2) is 4.79 Å². The summed E-state index contributed by atoms with van der Waals surface area (Å²) >= 11 is 7.04. The van der Waals surface area contributed by atoms with Crippen molar-refractivity contribution in [2.45, 2.75) is 76.0 Å². The fourth-order valence-electron chi connectivity index (χ4n) is 5.31. The van der Waals surface area contributed by atoms with E-state index in [9.17, 15) is 4.79 Å². The number of nitrogens with one attached hydrogen (secondary N) is 1. The normalized spacial score (nSPS) is 20.9. The predicted octanol–water partition coefficient (Wildman–Crippen LogP) is 6.82. The number of fused-ring (bicyclic) bond motifs is 4. The Morgan fingerprint density at radius 3 is 2.09 bits per heavy atom. The third-order valence-electron chi connectivity index (χ3n) is 7.27. The van der Waals surface area contributed by atoms with Gasteiger partial charge >= 0.3 is 6.09 Å². The van der Waals surface area contributed by atoms with Crippen LogP contribution in [0.25, 0.3) is 0 Å². The van der Waals surface area contributed by atoms with Crippen molar-refractivity contribution in [2.75, 3.05) is 13.1 Å². The molecule has 0 radical (unpaired) electrons. The first-order valence-electron chi connectivity index (χ1n) is 11.9. The van der Waals surface area contributed by atoms with Gasteiger partial charge < -0.3 is 15.0 Å². The summed E-state index contributed by atoms with van der Waals surface area (Å²) in [5.74, 6) is 0. The maximum atomic E-state index is 12.3. The molecule has 2 aromatic carbocycles. The smallest absolute Gasteiger partial charge is 0.410 e. The monoisotopic (exact) mass is 574 g/mol. The van der Waals surface area contributed by atoms with E-state index in [4.69, 9.17) is 4.74 Å². The maximum Gasteiger partial charge on any atom is 0.410 e. The van der Waals surface area contributed by atoms with Gasteiger partial charge in [0.2, 0.25) is 0 Å². The van der Waals surface area contributed by atoms with Crippen LogP contribution in [0.3, 0.4) is 0 Å². The fraction of sp³-hybridized carbons (Fsp3) is 0.519. The molecule has 4 nitrogen and oxygen atoms in total. The third kappa shape index (κ3) is 4.89. The van der Waals surface area contributed by atoms with E-state index in [1.165, 1.54) is 53.4 Å². The van der Waals surface area contributed by atoms with E-state index in [-0.39, 0.29) is 11.5 Å². The molecule has 0 aromatic heterocycles. The lowest BCUT2D eigenvalue weighted by Gasteiger charge is -2.36. The molecular formula is C27H32Br2N2O2. The molecule has 4 aliphatic rings. The topological polar surface area (TPSA) is 41.6 Å². The first-order valence-corrected chi connectivity index (χ1v) is 13.4. The lowest BCUT2D eigenvalue weighted by molar-refractivity contribution is 0.0196. The highest BCUT2D eigenvalue weighted by Crippen LogP contribution is 2.53. The van der Waals surface area contributed by atoms with Crippen LogP contribution >= 0.6 is 31.9 Å². The standard InChI is InChI=1S/C16H20BrNO2.C11H12BrN/c1-15(2,3)20-14(19)18-9-11-8-12(17)4-5-13(11)16(10-18)6-7-16;12-9-1-2-10-8(5-9)6-13-7-11(10)3-4-11/h4-5,8H,6-7,9-10H2,1-3H3;1-2,5,13H,3-4,6-7H2. The molecule has 1 N–H and O–H groups in total. The molecule has 2 heterocycles. The number of carbonyl (C=O) groups is 1. The number of hydrogen-bond acceptors (Lipinski definition) is 3. The second-order valence-electron chi connectivity index (χ2n) is 11.1. The second-order valence-corrected chi connectivity index (χ2v) is 12.9. The Labute approximate surface area is 213 Å². The van der Waals surface area contributed by atoms with Crippen molar-refractivity contribution >= 4 is 38.0 Å². The maximum absolute atomic E-state index is 12.3. The summed E-state index contributed by atoms with van der Waals surface area (Å²) in [6.45, 7) is 9.38. The number of halogens is 2. The van der Waals surface area contributed by atoms with Gasteiger partial charge in [-0.3, -0.25) is 0 Å². The Hall–Kier alpha value is -1.37. The molecular weight excluding hydrogens is 544 g/mol. The van der Waals surface area contributed by atoms with Gasteiger partial charge in [0.15, 0.2) is 0 Å². The van der Waals surface area contributed by atoms with Crippen molar-refractivity contribution in [3.8, 4) is 0 Å². The summed E-state index contributed by atoms with van der Waals surface area (Å²) in [6.07, 6.45) is 4.87. The molecule has 2 fully saturated rings. The summed E-state index contributed by atoms with van der Waals surface area (Å²) in [7, 11) is 0. The molecule has 0 atom stereocenters. The number of rotatable bonds is 0. The van der Waals surface area contributed by atoms with E-state index in [0.29, 0.717) is 12.0 Å². The van der Waals surface area contributed by atoms with Crippen molar-refractivity contribution in [3.05, 3.63) is 67.6 Å². The van der Waals surface area contributed by atoms with Crippen molar-refractivity contribution in [2.24, 2.45) is 0 Å². The van der Waals surface area contributed by atoms with Crippen LogP contribution in [0.1, 0.15) is 68.7 Å². The summed E-state index contributed by atoms with van der Waals surface area (Å²) in [5, 5.41) is 3.50. The Bertz CT molecular complexity index is 1080. The van der Waals surface area contributed by atoms with Gasteiger partial charge in [0, 0.05) is 46.0 Å². The zero-order chi connectivity index (χ0) is 23.4. The number of nitrogens with zero attached hydrogens (tertiary/aromatic N) is 1. The van der Waals surface area contributed by atoms with Crippen molar-refractivity contribution in [3.63, 3.8) is 0 Å². The predicted molar refractivity (Wildman–Crippen MR) is 138 cm³/mol. The molecule has 1 amide bonds. The van der Waals surface area contributed by atoms with E-state index >= 15 is 0 Å². The van der Waals surface area contributed by atoms with E-state index in [1.807, 2.05) is 25.7 Å². The van der Waals surface area contributed by atoms with Gasteiger partial charge in [0.05, 0.1) is 0 Å². The first-order chi connectivity index (χ1) is 15.6. The Morgan fingerprint density at radius 1 is 0.939 bits per heavy atom. The molecule has 0 bridgehead atoms. The largest absolute Gasteiger partial charge is 0.444 e. The molecule has 33 heavy (non-hydrogen) atoms. The SMILES string of the molecule is Brc1ccc2c(c1)CNCC21CC1.CC(C)(C)OC(=O)N1Cc2cc(Br)ccc2C2(CC2)C1. The van der Waals surface area contributed by atoms with Crippen LogP contribution in [0.15, 0.2) is 45.3 Å². The van der Waals surface area contributed by atoms with Gasteiger partial charge in [-0.15, -0.1) is 0 Å². The number of carbonyl (C=O) groups excluding carboxylic acids is 1. The minimum atomic E-state index is -0.439. The van der Waals surface area contributed by atoms with Crippen LogP contribution in [-0.4, -0.2) is 29.7 Å². The van der Waals surface area contributed by atoms with Gasteiger partial charge in [0.25, 0.3) is 0 Å². The average Bonchev–Trinajstić information content (AvgIpc) is 3.66. The number of hydrogen-bond donors (Lipinski definition) is 1. The lowest BCUT2D eigenvalue weighted by atomic mass is 9.87. The highest BCUT2D eigenvalue weighted by molar-refractivity contribution is 9.10. The summed E-state index contributed by atoms with van der Waals surface area (Å²) < 4.78 is 7.79. The molecule has 176 valence electrons. The Balaban J connectivity index is 0.000000151. The molecule has 2 aromatic rings. The van der Waals surface area contributed by atoms with Gasteiger partial charge in [-0.05, 0) is 93.0 Å². The van der Waals surface area contributed by atoms with Crippen molar-refractivity contribution < 1.29 is 9.53 Å². The van der Waals surface area contributed by atoms with Crippen molar-refractivity contribution in [1.29, 1.82) is 0 Å². The Kier molecular flexibility index (Phi) is 5.94. The van der Waals surface area contributed by atoms with E-state index in [1.54, 1.807) is 5.56 Å². The van der Waals surface area contributed by atoms with Crippen LogP contribution in [0.4, 0.5) is 4.79 Å². The van der Waals surface area contributed by atoms with Gasteiger partial charge in [0.1, 0.15) is 5.60 Å². The number of benzene rings is 2. The third-order valence-corrected chi connectivity index (χ3v) is 8.26. The van der Waals surface area contributed by atoms with Gasteiger partial charge in [-0.1, -0.05) is 44.0 Å². The second kappa shape index (κ2) is 8.39. The molecule has 2 spiro atoms. The molecule has 6 rings (SSSR count). The first kappa shape index (κ1) is 23.4. The van der Waals surface area contributed by atoms with Crippen LogP contribution in [0.5, 0.6) is 0 Å². The van der Waals surface area contributed by atoms with Crippen molar-refractivity contribution in [1.82, 2.24) is 10.2 Å². The van der Waals surface area contributed by atoms with Crippen LogP contribution in [0, 0.1) is 0 Å². The minimum Gasteiger partial charge on any atom is -0.444 e. The lowest BCUT2D eigenvalue weighted by Crippen LogP contribution is -2.44. The van der Waals surface area contributed by atoms with Gasteiger partial charge in [-0.2, -0.15) is 0 Å². The van der Waals surface area contributed by atoms with E-state index < -0.39 is 5.60 Å².